The Morgan fingerprint density at radius 2 is 2.14 bits per heavy atom. The van der Waals surface area contributed by atoms with Gasteiger partial charge in [-0.05, 0) is 12.1 Å². The van der Waals surface area contributed by atoms with Crippen LogP contribution in [-0.2, 0) is 6.54 Å². The van der Waals surface area contributed by atoms with Crippen molar-refractivity contribution >= 4 is 28.0 Å². The van der Waals surface area contributed by atoms with Crippen molar-refractivity contribution in [3.8, 4) is 0 Å². The molecule has 0 aliphatic heterocycles. The maximum absolute atomic E-state index is 13.2. The summed E-state index contributed by atoms with van der Waals surface area (Å²) < 4.78 is 15.1. The van der Waals surface area contributed by atoms with Gasteiger partial charge in [-0.15, -0.1) is 0 Å². The summed E-state index contributed by atoms with van der Waals surface area (Å²) in [5.41, 5.74) is 2.96. The lowest BCUT2D eigenvalue weighted by Gasteiger charge is -2.07. The Morgan fingerprint density at radius 1 is 1.18 bits per heavy atom. The molecule has 3 heterocycles. The van der Waals surface area contributed by atoms with Crippen LogP contribution in [0, 0.1) is 5.82 Å². The molecule has 1 aromatic carbocycles. The van der Waals surface area contributed by atoms with Crippen LogP contribution in [0.1, 0.15) is 0 Å². The highest BCUT2D eigenvalue weighted by Crippen LogP contribution is 2.16. The summed E-state index contributed by atoms with van der Waals surface area (Å²) in [4.78, 5) is 19.6. The first-order chi connectivity index (χ1) is 10.8. The van der Waals surface area contributed by atoms with E-state index in [1.165, 1.54) is 18.5 Å². The predicted octanol–water partition coefficient (Wildman–Crippen LogP) is 1.95. The monoisotopic (exact) mass is 297 g/mol. The zero-order valence-corrected chi connectivity index (χ0v) is 11.5. The lowest BCUT2D eigenvalue weighted by molar-refractivity contribution is 0.629. The summed E-state index contributed by atoms with van der Waals surface area (Å²) in [5.74, 6) is 0.427. The maximum Gasteiger partial charge on any atom is 0.182 e. The van der Waals surface area contributed by atoms with Crippen molar-refractivity contribution < 1.29 is 4.39 Å². The third-order valence-corrected chi connectivity index (χ3v) is 3.45. The summed E-state index contributed by atoms with van der Waals surface area (Å²) in [5, 5.41) is 3.24. The van der Waals surface area contributed by atoms with Gasteiger partial charge in [-0.3, -0.25) is 0 Å². The van der Waals surface area contributed by atoms with Crippen LogP contribution in [-0.4, -0.2) is 36.0 Å². The molecule has 4 rings (SSSR count). The Bertz CT molecular complexity index is 943. The van der Waals surface area contributed by atoms with Crippen LogP contribution >= 0.6 is 0 Å². The molecule has 3 aromatic heterocycles. The minimum Gasteiger partial charge on any atom is -0.366 e. The Morgan fingerprint density at radius 3 is 3.09 bits per heavy atom. The van der Waals surface area contributed by atoms with Gasteiger partial charge in [0, 0.05) is 19.2 Å². The first-order valence-electron chi connectivity index (χ1n) is 6.79. The number of fused-ring (bicyclic) bond motifs is 2. The number of aromatic amines is 1. The van der Waals surface area contributed by atoms with Gasteiger partial charge < -0.3 is 14.9 Å². The average molecular weight is 297 g/mol. The molecular formula is C14H12FN7. The highest BCUT2D eigenvalue weighted by molar-refractivity contribution is 5.81. The lowest BCUT2D eigenvalue weighted by Crippen LogP contribution is -2.11. The number of H-pyrrole nitrogens is 1. The molecule has 0 bridgehead atoms. The van der Waals surface area contributed by atoms with E-state index in [1.54, 1.807) is 18.7 Å². The number of nitrogens with one attached hydrogen (secondary N) is 2. The maximum atomic E-state index is 13.2. The largest absolute Gasteiger partial charge is 0.366 e. The first kappa shape index (κ1) is 12.7. The van der Waals surface area contributed by atoms with Gasteiger partial charge in [0.1, 0.15) is 17.7 Å². The average Bonchev–Trinajstić information content (AvgIpc) is 3.14. The van der Waals surface area contributed by atoms with E-state index in [2.05, 4.69) is 30.2 Å². The van der Waals surface area contributed by atoms with Crippen LogP contribution in [0.5, 0.6) is 0 Å². The van der Waals surface area contributed by atoms with E-state index in [1.807, 2.05) is 4.57 Å². The van der Waals surface area contributed by atoms with Crippen LogP contribution in [0.3, 0.4) is 0 Å². The van der Waals surface area contributed by atoms with Crippen molar-refractivity contribution in [3.63, 3.8) is 0 Å². The molecule has 0 radical (unpaired) electrons. The highest BCUT2D eigenvalue weighted by atomic mass is 19.1. The Labute approximate surface area is 124 Å². The smallest absolute Gasteiger partial charge is 0.182 e. The van der Waals surface area contributed by atoms with Gasteiger partial charge in [0.2, 0.25) is 0 Å². The number of imidazole rings is 2. The van der Waals surface area contributed by atoms with Crippen LogP contribution in [0.2, 0.25) is 0 Å². The second-order valence-electron chi connectivity index (χ2n) is 4.82. The number of benzene rings is 1. The van der Waals surface area contributed by atoms with Gasteiger partial charge in [0.05, 0.1) is 23.7 Å². The van der Waals surface area contributed by atoms with Gasteiger partial charge in [-0.25, -0.2) is 24.3 Å². The SMILES string of the molecule is Fc1ccc2c(c1)ncn2CCNc1ncnc2nc[nH]c12. The van der Waals surface area contributed by atoms with Crippen molar-refractivity contribution in [3.05, 3.63) is 43.0 Å². The zero-order chi connectivity index (χ0) is 14.9. The fourth-order valence-corrected chi connectivity index (χ4v) is 2.41. The van der Waals surface area contributed by atoms with Gasteiger partial charge in [0.25, 0.3) is 0 Å². The van der Waals surface area contributed by atoms with E-state index >= 15 is 0 Å². The quantitative estimate of drug-likeness (QED) is 0.601. The molecule has 0 atom stereocenters. The van der Waals surface area contributed by atoms with Crippen LogP contribution in [0.25, 0.3) is 22.2 Å². The summed E-state index contributed by atoms with van der Waals surface area (Å²) in [6.07, 6.45) is 4.76. The summed E-state index contributed by atoms with van der Waals surface area (Å²) >= 11 is 0. The fourth-order valence-electron chi connectivity index (χ4n) is 2.41. The molecular weight excluding hydrogens is 285 g/mol. The van der Waals surface area contributed by atoms with Crippen molar-refractivity contribution in [1.82, 2.24) is 29.5 Å². The van der Waals surface area contributed by atoms with Gasteiger partial charge in [-0.1, -0.05) is 0 Å². The van der Waals surface area contributed by atoms with Crippen molar-refractivity contribution in [2.45, 2.75) is 6.54 Å². The van der Waals surface area contributed by atoms with E-state index in [9.17, 15) is 4.39 Å². The molecule has 4 aromatic rings. The molecule has 22 heavy (non-hydrogen) atoms. The summed E-state index contributed by atoms with van der Waals surface area (Å²) in [6, 6.07) is 4.60. The molecule has 0 unspecified atom stereocenters. The number of rotatable bonds is 4. The van der Waals surface area contributed by atoms with Crippen LogP contribution in [0.4, 0.5) is 10.2 Å². The van der Waals surface area contributed by atoms with Crippen molar-refractivity contribution in [1.29, 1.82) is 0 Å². The van der Waals surface area contributed by atoms with E-state index in [-0.39, 0.29) is 5.82 Å². The van der Waals surface area contributed by atoms with Crippen molar-refractivity contribution in [2.24, 2.45) is 0 Å². The number of aromatic nitrogens is 6. The molecule has 0 fully saturated rings. The van der Waals surface area contributed by atoms with E-state index in [4.69, 9.17) is 0 Å². The number of hydrogen-bond acceptors (Lipinski definition) is 5. The van der Waals surface area contributed by atoms with E-state index in [0.29, 0.717) is 30.1 Å². The minimum absolute atomic E-state index is 0.279. The molecule has 110 valence electrons. The molecule has 7 nitrogen and oxygen atoms in total. The molecule has 2 N–H and O–H groups in total. The lowest BCUT2D eigenvalue weighted by atomic mass is 10.3. The Hall–Kier alpha value is -3.03. The fraction of sp³-hybridized carbons (Fsp3) is 0.143. The molecule has 8 heteroatoms. The standard InChI is InChI=1S/C14H12FN7/c15-9-1-2-11-10(5-9)21-8-22(11)4-3-16-13-12-14(18-6-17-12)20-7-19-13/h1-2,5-8H,3-4H2,(H2,16,17,18,19,20). The molecule has 0 aliphatic carbocycles. The third kappa shape index (κ3) is 2.14. The van der Waals surface area contributed by atoms with Crippen LogP contribution < -0.4 is 5.32 Å². The summed E-state index contributed by atoms with van der Waals surface area (Å²) in [7, 11) is 0. The van der Waals surface area contributed by atoms with Gasteiger partial charge in [0.15, 0.2) is 11.5 Å². The first-order valence-corrected chi connectivity index (χ1v) is 6.79. The second kappa shape index (κ2) is 5.06. The zero-order valence-electron chi connectivity index (χ0n) is 11.5. The van der Waals surface area contributed by atoms with Crippen LogP contribution in [0.15, 0.2) is 37.2 Å². The topological polar surface area (TPSA) is 84.3 Å². The summed E-state index contributed by atoms with van der Waals surface area (Å²) in [6.45, 7) is 1.33. The van der Waals surface area contributed by atoms with Gasteiger partial charge in [-0.2, -0.15) is 0 Å². The van der Waals surface area contributed by atoms with Gasteiger partial charge >= 0.3 is 0 Å². The Kier molecular flexibility index (Phi) is 2.92. The third-order valence-electron chi connectivity index (χ3n) is 3.45. The predicted molar refractivity (Wildman–Crippen MR) is 79.9 cm³/mol. The number of anilines is 1. The number of halogens is 1. The number of nitrogens with zero attached hydrogens (tertiary/aromatic N) is 5. The number of hydrogen-bond donors (Lipinski definition) is 2. The second-order valence-corrected chi connectivity index (χ2v) is 4.82. The normalized spacial score (nSPS) is 11.3. The molecule has 0 amide bonds. The van der Waals surface area contributed by atoms with E-state index in [0.717, 1.165) is 11.0 Å². The highest BCUT2D eigenvalue weighted by Gasteiger charge is 2.06. The van der Waals surface area contributed by atoms with E-state index < -0.39 is 0 Å². The Balaban J connectivity index is 1.51. The molecule has 0 aliphatic rings. The minimum atomic E-state index is -0.279. The molecule has 0 saturated carbocycles. The molecule has 0 saturated heterocycles. The van der Waals surface area contributed by atoms with Crippen molar-refractivity contribution in [2.75, 3.05) is 11.9 Å². The molecule has 0 spiro atoms.